The highest BCUT2D eigenvalue weighted by atomic mass is 32.2. The second kappa shape index (κ2) is 7.69. The van der Waals surface area contributed by atoms with Crippen molar-refractivity contribution in [3.8, 4) is 11.5 Å². The number of imide groups is 1. The number of nitrogens with one attached hydrogen (secondary N) is 1. The van der Waals surface area contributed by atoms with Gasteiger partial charge in [-0.1, -0.05) is 6.08 Å². The highest BCUT2D eigenvalue weighted by Gasteiger charge is 2.25. The molecule has 0 spiro atoms. The average Bonchev–Trinajstić information content (AvgIpc) is 2.83. The summed E-state index contributed by atoms with van der Waals surface area (Å²) in [7, 11) is 1.41. The first-order chi connectivity index (χ1) is 11.4. The van der Waals surface area contributed by atoms with Gasteiger partial charge in [-0.3, -0.25) is 14.9 Å². The number of carbonyl (C=O) groups excluding carboxylic acids is 3. The molecule has 0 unspecified atom stereocenters. The summed E-state index contributed by atoms with van der Waals surface area (Å²) in [5, 5.41) is 12.4. The van der Waals surface area contributed by atoms with Crippen molar-refractivity contribution in [1.82, 2.24) is 5.32 Å². The first-order valence-electron chi connectivity index (χ1n) is 6.84. The molecule has 126 valence electrons. The van der Waals surface area contributed by atoms with Crippen molar-refractivity contribution in [2.24, 2.45) is 0 Å². The Morgan fingerprint density at radius 2 is 2.17 bits per heavy atom. The molecule has 2 rings (SSSR count). The number of carboxylic acid groups (broad SMARTS) is 1. The second-order valence-electron chi connectivity index (χ2n) is 4.72. The molecule has 24 heavy (non-hydrogen) atoms. The highest BCUT2D eigenvalue weighted by molar-refractivity contribution is 8.18. The summed E-state index contributed by atoms with van der Waals surface area (Å²) in [6.45, 7) is 3.03. The molecule has 0 saturated carbocycles. The van der Waals surface area contributed by atoms with Crippen LogP contribution in [-0.2, 0) is 16.0 Å². The van der Waals surface area contributed by atoms with E-state index in [1.165, 1.54) is 7.11 Å². The van der Waals surface area contributed by atoms with E-state index >= 15 is 0 Å². The summed E-state index contributed by atoms with van der Waals surface area (Å²) in [5.74, 6) is -1.25. The highest BCUT2D eigenvalue weighted by Crippen LogP contribution is 2.35. The van der Waals surface area contributed by atoms with Crippen molar-refractivity contribution in [2.75, 3.05) is 13.7 Å². The Bertz CT molecular complexity index is 740. The number of methoxy groups -OCH3 is 1. The SMILES string of the molecule is C=CCc1cc(/C=C2/SC(=O)NC2=O)cc(OC)c1OCC(=O)[O-]. The zero-order valence-corrected chi connectivity index (χ0v) is 13.6. The van der Waals surface area contributed by atoms with Crippen LogP contribution in [0.4, 0.5) is 4.79 Å². The Hall–Kier alpha value is -2.74. The molecule has 0 radical (unpaired) electrons. The quantitative estimate of drug-likeness (QED) is 0.576. The van der Waals surface area contributed by atoms with Crippen LogP contribution in [0, 0.1) is 0 Å². The number of carboxylic acids is 1. The molecule has 1 aromatic rings. The van der Waals surface area contributed by atoms with E-state index in [0.29, 0.717) is 23.3 Å². The molecule has 7 nitrogen and oxygen atoms in total. The van der Waals surface area contributed by atoms with Gasteiger partial charge in [0, 0.05) is 5.56 Å². The summed E-state index contributed by atoms with van der Waals surface area (Å²) in [5.41, 5.74) is 1.24. The van der Waals surface area contributed by atoms with Crippen molar-refractivity contribution < 1.29 is 29.0 Å². The third-order valence-corrected chi connectivity index (χ3v) is 3.82. The van der Waals surface area contributed by atoms with E-state index in [2.05, 4.69) is 11.9 Å². The van der Waals surface area contributed by atoms with Gasteiger partial charge in [0.15, 0.2) is 11.5 Å². The van der Waals surface area contributed by atoms with Crippen LogP contribution in [-0.4, -0.2) is 30.8 Å². The zero-order chi connectivity index (χ0) is 17.7. The minimum Gasteiger partial charge on any atom is -0.546 e. The van der Waals surface area contributed by atoms with Gasteiger partial charge in [-0.2, -0.15) is 0 Å². The molecule has 2 amide bonds. The Kier molecular flexibility index (Phi) is 5.64. The summed E-state index contributed by atoms with van der Waals surface area (Å²) < 4.78 is 10.5. The van der Waals surface area contributed by atoms with Gasteiger partial charge in [0.2, 0.25) is 0 Å². The number of hydrogen-bond acceptors (Lipinski definition) is 7. The van der Waals surface area contributed by atoms with Gasteiger partial charge in [0.1, 0.15) is 6.61 Å². The number of benzene rings is 1. The minimum absolute atomic E-state index is 0.259. The lowest BCUT2D eigenvalue weighted by Crippen LogP contribution is -2.29. The molecule has 1 N–H and O–H groups in total. The Labute approximate surface area is 142 Å². The van der Waals surface area contributed by atoms with E-state index in [9.17, 15) is 19.5 Å². The topological polar surface area (TPSA) is 105 Å². The van der Waals surface area contributed by atoms with Gasteiger partial charge in [-0.05, 0) is 42.0 Å². The van der Waals surface area contributed by atoms with E-state index in [4.69, 9.17) is 9.47 Å². The third-order valence-electron chi connectivity index (χ3n) is 3.01. The first kappa shape index (κ1) is 17.6. The van der Waals surface area contributed by atoms with Crippen molar-refractivity contribution in [3.63, 3.8) is 0 Å². The number of allylic oxidation sites excluding steroid dienone is 1. The molecule has 1 saturated heterocycles. The largest absolute Gasteiger partial charge is 0.546 e. The van der Waals surface area contributed by atoms with Gasteiger partial charge in [0.05, 0.1) is 18.0 Å². The van der Waals surface area contributed by atoms with Crippen molar-refractivity contribution in [2.45, 2.75) is 6.42 Å². The maximum atomic E-state index is 11.6. The molecule has 1 aromatic carbocycles. The van der Waals surface area contributed by atoms with Gasteiger partial charge >= 0.3 is 0 Å². The number of ether oxygens (including phenoxy) is 2. The van der Waals surface area contributed by atoms with Crippen LogP contribution < -0.4 is 19.9 Å². The number of amides is 2. The standard InChI is InChI=1S/C16H15NO6S/c1-3-4-10-5-9(7-12-15(20)17-16(21)24-12)6-11(22-2)14(10)23-8-13(18)19/h3,5-7H,1,4,8H2,2H3,(H,18,19)(H,17,20,21)/p-1/b12-7+. The predicted molar refractivity (Wildman–Crippen MR) is 86.5 cm³/mol. The van der Waals surface area contributed by atoms with E-state index < -0.39 is 23.7 Å². The Morgan fingerprint density at radius 1 is 1.42 bits per heavy atom. The number of hydrogen-bond donors (Lipinski definition) is 1. The molecule has 1 aliphatic heterocycles. The van der Waals surface area contributed by atoms with Crippen LogP contribution >= 0.6 is 11.8 Å². The van der Waals surface area contributed by atoms with E-state index in [-0.39, 0.29) is 10.7 Å². The first-order valence-corrected chi connectivity index (χ1v) is 7.65. The number of carbonyl (C=O) groups is 3. The molecule has 1 aliphatic rings. The molecular formula is C16H14NO6S-. The van der Waals surface area contributed by atoms with Crippen LogP contribution in [0.5, 0.6) is 11.5 Å². The van der Waals surface area contributed by atoms with E-state index in [1.807, 2.05) is 0 Å². The molecule has 0 aliphatic carbocycles. The third kappa shape index (κ3) is 4.17. The van der Waals surface area contributed by atoms with Crippen molar-refractivity contribution >= 4 is 35.0 Å². The van der Waals surface area contributed by atoms with Gasteiger partial charge in [0.25, 0.3) is 11.1 Å². The Morgan fingerprint density at radius 3 is 2.71 bits per heavy atom. The monoisotopic (exact) mass is 348 g/mol. The normalized spacial score (nSPS) is 15.3. The molecular weight excluding hydrogens is 334 g/mol. The molecule has 8 heteroatoms. The number of thioether (sulfide) groups is 1. The van der Waals surface area contributed by atoms with Crippen molar-refractivity contribution in [3.05, 3.63) is 40.8 Å². The van der Waals surface area contributed by atoms with Crippen LogP contribution in [0.2, 0.25) is 0 Å². The maximum Gasteiger partial charge on any atom is 0.290 e. The molecule has 0 bridgehead atoms. The Balaban J connectivity index is 2.43. The number of rotatable bonds is 7. The van der Waals surface area contributed by atoms with Crippen LogP contribution in [0.3, 0.4) is 0 Å². The van der Waals surface area contributed by atoms with Gasteiger partial charge in [-0.15, -0.1) is 6.58 Å². The second-order valence-corrected chi connectivity index (χ2v) is 5.73. The predicted octanol–water partition coefficient (Wildman–Crippen LogP) is 0.876. The van der Waals surface area contributed by atoms with Crippen LogP contribution in [0.1, 0.15) is 11.1 Å². The van der Waals surface area contributed by atoms with Gasteiger partial charge < -0.3 is 19.4 Å². The summed E-state index contributed by atoms with van der Waals surface area (Å²) in [6, 6.07) is 3.29. The fourth-order valence-corrected chi connectivity index (χ4v) is 2.78. The molecule has 1 fully saturated rings. The zero-order valence-electron chi connectivity index (χ0n) is 12.8. The summed E-state index contributed by atoms with van der Waals surface area (Å²) in [6.07, 6.45) is 3.56. The number of aliphatic carboxylic acids is 1. The molecule has 0 aromatic heterocycles. The van der Waals surface area contributed by atoms with E-state index in [0.717, 1.165) is 11.8 Å². The lowest BCUT2D eigenvalue weighted by molar-refractivity contribution is -0.307. The average molecular weight is 348 g/mol. The van der Waals surface area contributed by atoms with E-state index in [1.54, 1.807) is 24.3 Å². The minimum atomic E-state index is -1.36. The summed E-state index contributed by atoms with van der Waals surface area (Å²) >= 11 is 0.803. The van der Waals surface area contributed by atoms with Crippen LogP contribution in [0.15, 0.2) is 29.7 Å². The summed E-state index contributed by atoms with van der Waals surface area (Å²) in [4.78, 5) is 33.7. The maximum absolute atomic E-state index is 11.6. The van der Waals surface area contributed by atoms with Crippen molar-refractivity contribution in [1.29, 1.82) is 0 Å². The van der Waals surface area contributed by atoms with Gasteiger partial charge in [-0.25, -0.2) is 0 Å². The lowest BCUT2D eigenvalue weighted by atomic mass is 10.0. The fourth-order valence-electron chi connectivity index (χ4n) is 2.09. The fraction of sp³-hybridized carbons (Fsp3) is 0.188. The molecule has 1 heterocycles. The smallest absolute Gasteiger partial charge is 0.290 e. The molecule has 0 atom stereocenters. The van der Waals surface area contributed by atoms with Crippen LogP contribution in [0.25, 0.3) is 6.08 Å². The lowest BCUT2D eigenvalue weighted by Gasteiger charge is -2.16.